The highest BCUT2D eigenvalue weighted by molar-refractivity contribution is 7.16. The van der Waals surface area contributed by atoms with E-state index in [1.165, 1.54) is 11.3 Å². The molecule has 2 aromatic heterocycles. The van der Waals surface area contributed by atoms with E-state index < -0.39 is 0 Å². The van der Waals surface area contributed by atoms with Crippen LogP contribution in [0.15, 0.2) is 39.7 Å². The smallest absolute Gasteiger partial charge is 0.308 e. The van der Waals surface area contributed by atoms with Crippen molar-refractivity contribution in [2.45, 2.75) is 26.3 Å². The zero-order valence-corrected chi connectivity index (χ0v) is 11.6. The summed E-state index contributed by atoms with van der Waals surface area (Å²) in [5.74, 6) is 1.73. The van der Waals surface area contributed by atoms with E-state index >= 15 is 0 Å². The molecule has 3 aromatic rings. The summed E-state index contributed by atoms with van der Waals surface area (Å²) in [5, 5.41) is 0. The molecule has 1 aromatic carbocycles. The highest BCUT2D eigenvalue weighted by Gasteiger charge is 2.12. The minimum atomic E-state index is 0.0190. The molecule has 98 valence electrons. The Kier molecular flexibility index (Phi) is 2.98. The molecular formula is C14H14N2O2S. The quantitative estimate of drug-likeness (QED) is 0.736. The molecule has 0 bridgehead atoms. The molecule has 5 heteroatoms. The summed E-state index contributed by atoms with van der Waals surface area (Å²) in [7, 11) is 0. The largest absolute Gasteiger partial charge is 0.443 e. The first kappa shape index (κ1) is 12.2. The van der Waals surface area contributed by atoms with Crippen LogP contribution in [0.25, 0.3) is 10.2 Å². The maximum absolute atomic E-state index is 12.0. The van der Waals surface area contributed by atoms with Gasteiger partial charge in [-0.3, -0.25) is 9.36 Å². The number of hydrogen-bond donors (Lipinski definition) is 0. The molecule has 0 radical (unpaired) electrons. The highest BCUT2D eigenvalue weighted by Crippen LogP contribution is 2.19. The van der Waals surface area contributed by atoms with Gasteiger partial charge < -0.3 is 4.42 Å². The van der Waals surface area contributed by atoms with Crippen LogP contribution in [-0.4, -0.2) is 9.55 Å². The van der Waals surface area contributed by atoms with E-state index in [9.17, 15) is 4.79 Å². The molecular weight excluding hydrogens is 260 g/mol. The maximum atomic E-state index is 12.0. The van der Waals surface area contributed by atoms with Crippen LogP contribution in [0.4, 0.5) is 0 Å². The predicted octanol–water partition coefficient (Wildman–Crippen LogP) is 3.22. The lowest BCUT2D eigenvalue weighted by Crippen LogP contribution is -2.13. The molecule has 0 saturated heterocycles. The number of rotatable bonds is 3. The van der Waals surface area contributed by atoms with Crippen molar-refractivity contribution in [2.75, 3.05) is 0 Å². The minimum absolute atomic E-state index is 0.0190. The van der Waals surface area contributed by atoms with E-state index in [4.69, 9.17) is 4.42 Å². The molecule has 0 fully saturated rings. The van der Waals surface area contributed by atoms with E-state index in [0.717, 1.165) is 16.0 Å². The Balaban J connectivity index is 2.00. The molecule has 19 heavy (non-hydrogen) atoms. The van der Waals surface area contributed by atoms with Gasteiger partial charge in [0.1, 0.15) is 12.3 Å². The molecule has 0 N–H and O–H groups in total. The van der Waals surface area contributed by atoms with Crippen LogP contribution < -0.4 is 4.87 Å². The first-order valence-corrected chi connectivity index (χ1v) is 7.00. The van der Waals surface area contributed by atoms with Crippen LogP contribution in [0.3, 0.4) is 0 Å². The summed E-state index contributed by atoms with van der Waals surface area (Å²) < 4.78 is 8.35. The second kappa shape index (κ2) is 4.66. The van der Waals surface area contributed by atoms with Crippen molar-refractivity contribution in [1.29, 1.82) is 0 Å². The van der Waals surface area contributed by atoms with E-state index in [1.807, 2.05) is 24.3 Å². The molecule has 0 amide bonds. The fraction of sp³-hybridized carbons (Fsp3) is 0.286. The zero-order chi connectivity index (χ0) is 13.4. The summed E-state index contributed by atoms with van der Waals surface area (Å²) in [5.41, 5.74) is 0.932. The van der Waals surface area contributed by atoms with E-state index in [1.54, 1.807) is 10.8 Å². The number of fused-ring (bicyclic) bond motifs is 1. The molecule has 0 unspecified atom stereocenters. The van der Waals surface area contributed by atoms with Crippen LogP contribution in [0.2, 0.25) is 0 Å². The van der Waals surface area contributed by atoms with Gasteiger partial charge >= 0.3 is 4.87 Å². The van der Waals surface area contributed by atoms with Gasteiger partial charge in [-0.15, -0.1) is 0 Å². The van der Waals surface area contributed by atoms with E-state index in [0.29, 0.717) is 18.4 Å². The number of para-hydroxylation sites is 1. The van der Waals surface area contributed by atoms with Crippen molar-refractivity contribution in [3.63, 3.8) is 0 Å². The summed E-state index contributed by atoms with van der Waals surface area (Å²) in [6.07, 6.45) is 1.74. The van der Waals surface area contributed by atoms with Crippen molar-refractivity contribution < 1.29 is 4.42 Å². The highest BCUT2D eigenvalue weighted by atomic mass is 32.1. The topological polar surface area (TPSA) is 48.0 Å². The van der Waals surface area contributed by atoms with Gasteiger partial charge in [-0.1, -0.05) is 37.3 Å². The number of hydrogen-bond acceptors (Lipinski definition) is 4. The first-order chi connectivity index (χ1) is 9.15. The van der Waals surface area contributed by atoms with Gasteiger partial charge in [-0.05, 0) is 12.1 Å². The average molecular weight is 274 g/mol. The Morgan fingerprint density at radius 1 is 1.37 bits per heavy atom. The maximum Gasteiger partial charge on any atom is 0.308 e. The van der Waals surface area contributed by atoms with Crippen molar-refractivity contribution in [3.8, 4) is 0 Å². The van der Waals surface area contributed by atoms with Gasteiger partial charge in [-0.2, -0.15) is 0 Å². The minimum Gasteiger partial charge on any atom is -0.443 e. The third kappa shape index (κ3) is 2.21. The lowest BCUT2D eigenvalue weighted by Gasteiger charge is -2.00. The van der Waals surface area contributed by atoms with Crippen LogP contribution in [0.1, 0.15) is 31.4 Å². The second-order valence-electron chi connectivity index (χ2n) is 4.73. The Hall–Kier alpha value is -1.88. The van der Waals surface area contributed by atoms with Crippen LogP contribution in [0, 0.1) is 0 Å². The van der Waals surface area contributed by atoms with E-state index in [-0.39, 0.29) is 4.87 Å². The summed E-state index contributed by atoms with van der Waals surface area (Å²) >= 11 is 1.25. The molecule has 0 atom stereocenters. The molecule has 0 aliphatic rings. The summed E-state index contributed by atoms with van der Waals surface area (Å²) in [6.45, 7) is 4.49. The third-order valence-electron chi connectivity index (χ3n) is 3.01. The Bertz CT molecular complexity index is 767. The lowest BCUT2D eigenvalue weighted by atomic mass is 10.2. The number of nitrogens with zero attached hydrogens (tertiary/aromatic N) is 2. The second-order valence-corrected chi connectivity index (χ2v) is 5.73. The molecule has 4 nitrogen and oxygen atoms in total. The Morgan fingerprint density at radius 2 is 2.16 bits per heavy atom. The van der Waals surface area contributed by atoms with Gasteiger partial charge in [0, 0.05) is 5.92 Å². The number of aromatic nitrogens is 2. The van der Waals surface area contributed by atoms with E-state index in [2.05, 4.69) is 18.8 Å². The summed E-state index contributed by atoms with van der Waals surface area (Å²) in [4.78, 5) is 16.3. The van der Waals surface area contributed by atoms with Gasteiger partial charge in [0.25, 0.3) is 0 Å². The van der Waals surface area contributed by atoms with Gasteiger partial charge in [0.15, 0.2) is 0 Å². The molecule has 0 aliphatic carbocycles. The Morgan fingerprint density at radius 3 is 2.89 bits per heavy atom. The van der Waals surface area contributed by atoms with Crippen molar-refractivity contribution in [1.82, 2.24) is 9.55 Å². The average Bonchev–Trinajstić information content (AvgIpc) is 2.96. The molecule has 3 rings (SSSR count). The van der Waals surface area contributed by atoms with Gasteiger partial charge in [0.05, 0.1) is 16.4 Å². The Labute approximate surface area is 114 Å². The normalized spacial score (nSPS) is 11.5. The fourth-order valence-corrected chi connectivity index (χ4v) is 2.85. The molecule has 0 saturated carbocycles. The van der Waals surface area contributed by atoms with Crippen LogP contribution in [0.5, 0.6) is 0 Å². The van der Waals surface area contributed by atoms with Crippen molar-refractivity contribution in [3.05, 3.63) is 51.8 Å². The SMILES string of the molecule is CC(C)c1cnc(Cn2c(=O)sc3ccccc32)o1. The number of thiazole rings is 1. The molecule has 0 aliphatic heterocycles. The number of benzene rings is 1. The monoisotopic (exact) mass is 274 g/mol. The summed E-state index contributed by atoms with van der Waals surface area (Å²) in [6, 6.07) is 7.76. The fourth-order valence-electron chi connectivity index (χ4n) is 1.96. The number of oxazole rings is 1. The molecule has 0 spiro atoms. The van der Waals surface area contributed by atoms with Gasteiger partial charge in [0.2, 0.25) is 5.89 Å². The standard InChI is InChI=1S/C14H14N2O2S/c1-9(2)11-7-15-13(18-11)8-16-10-5-3-4-6-12(10)19-14(16)17/h3-7,9H,8H2,1-2H3. The zero-order valence-electron chi connectivity index (χ0n) is 10.8. The van der Waals surface area contributed by atoms with Gasteiger partial charge in [-0.25, -0.2) is 4.98 Å². The molecule has 2 heterocycles. The third-order valence-corrected chi connectivity index (χ3v) is 3.97. The van der Waals surface area contributed by atoms with Crippen LogP contribution in [-0.2, 0) is 6.54 Å². The predicted molar refractivity (Wildman–Crippen MR) is 75.8 cm³/mol. The van der Waals surface area contributed by atoms with Crippen molar-refractivity contribution >= 4 is 21.6 Å². The van der Waals surface area contributed by atoms with Crippen molar-refractivity contribution in [2.24, 2.45) is 0 Å². The van der Waals surface area contributed by atoms with Crippen LogP contribution >= 0.6 is 11.3 Å². The lowest BCUT2D eigenvalue weighted by molar-refractivity contribution is 0.429. The first-order valence-electron chi connectivity index (χ1n) is 6.18.